The molecular formula is C53H100N2O9. The summed E-state index contributed by atoms with van der Waals surface area (Å²) in [4.78, 5) is 56.5. The van der Waals surface area contributed by atoms with E-state index >= 15 is 0 Å². The molecule has 0 aromatic heterocycles. The van der Waals surface area contributed by atoms with Crippen LogP contribution in [-0.2, 0) is 42.9 Å². The van der Waals surface area contributed by atoms with Crippen LogP contribution in [0, 0.1) is 0 Å². The van der Waals surface area contributed by atoms with E-state index in [0.717, 1.165) is 45.1 Å². The molecule has 0 bridgehead atoms. The molecule has 11 nitrogen and oxygen atoms in total. The van der Waals surface area contributed by atoms with Gasteiger partial charge in [0.25, 0.3) is 0 Å². The molecule has 1 heterocycles. The summed E-state index contributed by atoms with van der Waals surface area (Å²) in [7, 11) is 7.76. The molecule has 0 aliphatic carbocycles. The largest absolute Gasteiger partial charge is 0.463 e. The van der Waals surface area contributed by atoms with Gasteiger partial charge in [0.2, 0.25) is 12.4 Å². The molecule has 0 saturated carbocycles. The highest BCUT2D eigenvalue weighted by Crippen LogP contribution is 2.30. The van der Waals surface area contributed by atoms with E-state index < -0.39 is 48.5 Å². The Kier molecular flexibility index (Phi) is 39.4. The number of ether oxygens (including phenoxy) is 5. The zero-order valence-corrected chi connectivity index (χ0v) is 42.5. The molecular weight excluding hydrogens is 809 g/mol. The van der Waals surface area contributed by atoms with Gasteiger partial charge in [0.1, 0.15) is 12.7 Å². The van der Waals surface area contributed by atoms with Crippen molar-refractivity contribution in [1.29, 1.82) is 0 Å². The van der Waals surface area contributed by atoms with Gasteiger partial charge in [-0.25, -0.2) is 0 Å². The monoisotopic (exact) mass is 909 g/mol. The van der Waals surface area contributed by atoms with Gasteiger partial charge in [-0.3, -0.25) is 19.2 Å². The Morgan fingerprint density at radius 2 is 0.672 bits per heavy atom. The highest BCUT2D eigenvalue weighted by molar-refractivity contribution is 5.72. The van der Waals surface area contributed by atoms with Gasteiger partial charge in [0.05, 0.1) is 0 Å². The highest BCUT2D eigenvalue weighted by atomic mass is 16.8. The Morgan fingerprint density at radius 3 is 1.03 bits per heavy atom. The maximum absolute atomic E-state index is 13.4. The molecule has 0 spiro atoms. The number of nitrogens with zero attached hydrogens (tertiary/aromatic N) is 2. The third-order valence-electron chi connectivity index (χ3n) is 12.4. The first-order valence-electron chi connectivity index (χ1n) is 26.8. The van der Waals surface area contributed by atoms with Gasteiger partial charge in [-0.05, 0) is 67.0 Å². The van der Waals surface area contributed by atoms with E-state index in [0.29, 0.717) is 32.2 Å². The SMILES string of the molecule is CCCCCCCCCCCCCCCCCC(=O)OC1[C@H](OC(=O)CCCN(C)C)O[C@H](COC(=O)CCCN(C)C)[C@@H]1OC(=O)CCCCCCCCCCCCCCCCC. The zero-order valence-electron chi connectivity index (χ0n) is 42.5. The van der Waals surface area contributed by atoms with Crippen LogP contribution in [0.3, 0.4) is 0 Å². The Labute approximate surface area is 392 Å². The summed E-state index contributed by atoms with van der Waals surface area (Å²) in [6, 6.07) is 0. The van der Waals surface area contributed by atoms with Crippen molar-refractivity contribution in [1.82, 2.24) is 9.80 Å². The molecule has 1 unspecified atom stereocenters. The molecule has 0 aromatic rings. The summed E-state index contributed by atoms with van der Waals surface area (Å²) < 4.78 is 29.5. The van der Waals surface area contributed by atoms with Gasteiger partial charge in [0, 0.05) is 25.7 Å². The average molecular weight is 909 g/mol. The minimum absolute atomic E-state index is 0.146. The second kappa shape index (κ2) is 42.1. The van der Waals surface area contributed by atoms with Crippen LogP contribution in [0.15, 0.2) is 0 Å². The number of hydrogen-bond donors (Lipinski definition) is 0. The van der Waals surface area contributed by atoms with Crippen LogP contribution in [0.2, 0.25) is 0 Å². The van der Waals surface area contributed by atoms with Crippen LogP contribution >= 0.6 is 0 Å². The number of carbonyl (C=O) groups is 4. The summed E-state index contributed by atoms with van der Waals surface area (Å²) >= 11 is 0. The molecule has 376 valence electrons. The van der Waals surface area contributed by atoms with Crippen LogP contribution < -0.4 is 0 Å². The fraction of sp³-hybridized carbons (Fsp3) is 0.925. The predicted molar refractivity (Wildman–Crippen MR) is 260 cm³/mol. The Morgan fingerprint density at radius 1 is 0.375 bits per heavy atom. The van der Waals surface area contributed by atoms with Crippen LogP contribution in [0.4, 0.5) is 0 Å². The minimum Gasteiger partial charge on any atom is -0.463 e. The van der Waals surface area contributed by atoms with Crippen molar-refractivity contribution in [3.05, 3.63) is 0 Å². The van der Waals surface area contributed by atoms with Crippen molar-refractivity contribution in [2.45, 2.75) is 270 Å². The lowest BCUT2D eigenvalue weighted by molar-refractivity contribution is -0.200. The highest BCUT2D eigenvalue weighted by Gasteiger charge is 2.52. The van der Waals surface area contributed by atoms with E-state index in [4.69, 9.17) is 23.7 Å². The van der Waals surface area contributed by atoms with E-state index in [1.54, 1.807) is 0 Å². The predicted octanol–water partition coefficient (Wildman–Crippen LogP) is 12.8. The summed E-state index contributed by atoms with van der Waals surface area (Å²) in [5.74, 6) is -1.80. The first-order chi connectivity index (χ1) is 31.1. The van der Waals surface area contributed by atoms with E-state index in [-0.39, 0.29) is 32.3 Å². The number of hydrogen-bond acceptors (Lipinski definition) is 11. The maximum Gasteiger partial charge on any atom is 0.308 e. The van der Waals surface area contributed by atoms with Crippen LogP contribution in [0.25, 0.3) is 0 Å². The lowest BCUT2D eigenvalue weighted by atomic mass is 10.0. The van der Waals surface area contributed by atoms with Gasteiger partial charge in [-0.15, -0.1) is 0 Å². The van der Waals surface area contributed by atoms with Gasteiger partial charge in [-0.1, -0.05) is 194 Å². The molecule has 1 aliphatic rings. The van der Waals surface area contributed by atoms with Gasteiger partial charge < -0.3 is 33.5 Å². The molecule has 11 heteroatoms. The van der Waals surface area contributed by atoms with Crippen molar-refractivity contribution in [3.63, 3.8) is 0 Å². The number of rotatable bonds is 45. The molecule has 1 saturated heterocycles. The molecule has 1 rings (SSSR count). The quantitative estimate of drug-likeness (QED) is 0.0330. The van der Waals surface area contributed by atoms with Crippen LogP contribution in [0.5, 0.6) is 0 Å². The van der Waals surface area contributed by atoms with E-state index in [1.165, 1.54) is 141 Å². The Balaban J connectivity index is 2.72. The topological polar surface area (TPSA) is 121 Å². The molecule has 4 atom stereocenters. The molecule has 0 amide bonds. The van der Waals surface area contributed by atoms with Crippen LogP contribution in [-0.4, -0.2) is 106 Å². The number of unbranched alkanes of at least 4 members (excludes halogenated alkanes) is 28. The van der Waals surface area contributed by atoms with E-state index in [2.05, 4.69) is 13.8 Å². The van der Waals surface area contributed by atoms with Crippen molar-refractivity contribution in [2.24, 2.45) is 0 Å². The molecule has 1 aliphatic heterocycles. The molecule has 64 heavy (non-hydrogen) atoms. The maximum atomic E-state index is 13.4. The number of esters is 4. The zero-order chi connectivity index (χ0) is 46.9. The third-order valence-corrected chi connectivity index (χ3v) is 12.4. The second-order valence-corrected chi connectivity index (χ2v) is 19.3. The summed E-state index contributed by atoms with van der Waals surface area (Å²) in [6.45, 7) is 5.73. The fourth-order valence-corrected chi connectivity index (χ4v) is 8.41. The van der Waals surface area contributed by atoms with Gasteiger partial charge >= 0.3 is 23.9 Å². The number of carbonyl (C=O) groups excluding carboxylic acids is 4. The van der Waals surface area contributed by atoms with E-state index in [1.807, 2.05) is 38.0 Å². The van der Waals surface area contributed by atoms with Crippen molar-refractivity contribution >= 4 is 23.9 Å². The van der Waals surface area contributed by atoms with Crippen molar-refractivity contribution in [3.8, 4) is 0 Å². The van der Waals surface area contributed by atoms with Crippen molar-refractivity contribution in [2.75, 3.05) is 47.9 Å². The summed E-state index contributed by atoms with van der Waals surface area (Å²) in [5.41, 5.74) is 0. The Hall–Kier alpha value is -2.24. The average Bonchev–Trinajstić information content (AvgIpc) is 3.55. The fourth-order valence-electron chi connectivity index (χ4n) is 8.41. The minimum atomic E-state index is -1.29. The third kappa shape index (κ3) is 35.0. The van der Waals surface area contributed by atoms with Gasteiger partial charge in [0.15, 0.2) is 6.10 Å². The van der Waals surface area contributed by atoms with Crippen molar-refractivity contribution < 1.29 is 42.9 Å². The molecule has 0 N–H and O–H groups in total. The molecule has 0 radical (unpaired) electrons. The normalized spacial score (nSPS) is 17.3. The molecule has 0 aromatic carbocycles. The molecule has 1 fully saturated rings. The standard InChI is InChI=1S/C53H100N2O9/c1-7-9-11-13-15-17-19-21-23-25-27-29-31-33-35-39-48(57)62-51-46(45-60-47(56)41-37-43-54(3)4)61-53(64-50(59)42-38-44-55(5)6)52(51)63-49(58)40-36-34-32-30-28-26-24-22-20-18-16-14-12-10-8-2/h46,51-53H,7-45H2,1-6H3/t46-,51+,52?,53+/m1/s1. The summed E-state index contributed by atoms with van der Waals surface area (Å²) in [5, 5.41) is 0. The van der Waals surface area contributed by atoms with Crippen LogP contribution in [0.1, 0.15) is 245 Å². The smallest absolute Gasteiger partial charge is 0.308 e. The van der Waals surface area contributed by atoms with Gasteiger partial charge in [-0.2, -0.15) is 0 Å². The Bertz CT molecular complexity index is 1140. The van der Waals surface area contributed by atoms with E-state index in [9.17, 15) is 19.2 Å². The first-order valence-corrected chi connectivity index (χ1v) is 26.8. The summed E-state index contributed by atoms with van der Waals surface area (Å²) in [6.07, 6.45) is 34.3. The lowest BCUT2D eigenvalue weighted by Gasteiger charge is -2.24. The second-order valence-electron chi connectivity index (χ2n) is 19.3. The lowest BCUT2D eigenvalue weighted by Crippen LogP contribution is -2.42. The first kappa shape index (κ1) is 59.8.